The van der Waals surface area contributed by atoms with Crippen LogP contribution in [0, 0.1) is 5.92 Å². The Labute approximate surface area is 104 Å². The molecule has 1 amide bonds. The molecule has 0 aliphatic carbocycles. The SMILES string of the molecule is CC1CCN(C(=O)CN2CCCC2CN)CC1. The van der Waals surface area contributed by atoms with E-state index in [1.165, 1.54) is 6.42 Å². The Bertz CT molecular complexity index is 261. The number of rotatable bonds is 3. The summed E-state index contributed by atoms with van der Waals surface area (Å²) < 4.78 is 0. The predicted molar refractivity (Wildman–Crippen MR) is 68.6 cm³/mol. The molecule has 1 unspecified atom stereocenters. The van der Waals surface area contributed by atoms with Gasteiger partial charge in [0, 0.05) is 25.7 Å². The maximum Gasteiger partial charge on any atom is 0.236 e. The van der Waals surface area contributed by atoms with E-state index in [1.807, 2.05) is 4.90 Å². The molecule has 1 atom stereocenters. The quantitative estimate of drug-likeness (QED) is 0.787. The van der Waals surface area contributed by atoms with Crippen LogP contribution in [0.4, 0.5) is 0 Å². The van der Waals surface area contributed by atoms with Gasteiger partial charge in [-0.3, -0.25) is 9.69 Å². The van der Waals surface area contributed by atoms with Crippen LogP contribution in [0.5, 0.6) is 0 Å². The lowest BCUT2D eigenvalue weighted by molar-refractivity contribution is -0.133. The Morgan fingerprint density at radius 1 is 1.24 bits per heavy atom. The molecule has 0 aromatic rings. The van der Waals surface area contributed by atoms with E-state index in [-0.39, 0.29) is 0 Å². The number of nitrogens with two attached hydrogens (primary N) is 1. The van der Waals surface area contributed by atoms with Gasteiger partial charge in [0.2, 0.25) is 5.91 Å². The molecule has 0 aromatic carbocycles. The number of carbonyl (C=O) groups excluding carboxylic acids is 1. The van der Waals surface area contributed by atoms with E-state index in [0.717, 1.165) is 44.8 Å². The maximum absolute atomic E-state index is 12.2. The van der Waals surface area contributed by atoms with E-state index in [2.05, 4.69) is 11.8 Å². The van der Waals surface area contributed by atoms with Gasteiger partial charge in [-0.05, 0) is 38.1 Å². The second-order valence-corrected chi connectivity index (χ2v) is 5.57. The fraction of sp³-hybridized carbons (Fsp3) is 0.923. The minimum Gasteiger partial charge on any atom is -0.342 e. The topological polar surface area (TPSA) is 49.6 Å². The second kappa shape index (κ2) is 5.83. The summed E-state index contributed by atoms with van der Waals surface area (Å²) in [4.78, 5) is 16.5. The molecule has 17 heavy (non-hydrogen) atoms. The van der Waals surface area contributed by atoms with Crippen LogP contribution < -0.4 is 5.73 Å². The summed E-state index contributed by atoms with van der Waals surface area (Å²) in [6.45, 7) is 6.47. The van der Waals surface area contributed by atoms with Gasteiger partial charge in [-0.2, -0.15) is 0 Å². The van der Waals surface area contributed by atoms with Gasteiger partial charge in [-0.25, -0.2) is 0 Å². The van der Waals surface area contributed by atoms with Crippen LogP contribution in [0.25, 0.3) is 0 Å². The van der Waals surface area contributed by atoms with Gasteiger partial charge in [-0.15, -0.1) is 0 Å². The van der Waals surface area contributed by atoms with Crippen LogP contribution in [-0.2, 0) is 4.79 Å². The Morgan fingerprint density at radius 2 is 1.94 bits per heavy atom. The Kier molecular flexibility index (Phi) is 4.40. The van der Waals surface area contributed by atoms with Crippen molar-refractivity contribution in [1.82, 2.24) is 9.80 Å². The van der Waals surface area contributed by atoms with Gasteiger partial charge in [0.25, 0.3) is 0 Å². The first-order chi connectivity index (χ1) is 8.20. The van der Waals surface area contributed by atoms with Crippen LogP contribution in [-0.4, -0.2) is 54.5 Å². The summed E-state index contributed by atoms with van der Waals surface area (Å²) in [7, 11) is 0. The fourth-order valence-corrected chi connectivity index (χ4v) is 2.90. The third-order valence-corrected chi connectivity index (χ3v) is 4.25. The molecule has 2 heterocycles. The number of hydrogen-bond donors (Lipinski definition) is 1. The van der Waals surface area contributed by atoms with Gasteiger partial charge < -0.3 is 10.6 Å². The Balaban J connectivity index is 1.80. The van der Waals surface area contributed by atoms with Crippen molar-refractivity contribution in [3.05, 3.63) is 0 Å². The van der Waals surface area contributed by atoms with E-state index in [4.69, 9.17) is 5.73 Å². The highest BCUT2D eigenvalue weighted by Crippen LogP contribution is 2.19. The fourth-order valence-electron chi connectivity index (χ4n) is 2.90. The summed E-state index contributed by atoms with van der Waals surface area (Å²) in [5.41, 5.74) is 5.73. The first-order valence-electron chi connectivity index (χ1n) is 6.92. The smallest absolute Gasteiger partial charge is 0.236 e. The van der Waals surface area contributed by atoms with E-state index < -0.39 is 0 Å². The zero-order valence-corrected chi connectivity index (χ0v) is 10.9. The normalized spacial score (nSPS) is 27.6. The van der Waals surface area contributed by atoms with E-state index >= 15 is 0 Å². The largest absolute Gasteiger partial charge is 0.342 e. The van der Waals surface area contributed by atoms with Crippen LogP contribution in [0.2, 0.25) is 0 Å². The van der Waals surface area contributed by atoms with Gasteiger partial charge in [0.05, 0.1) is 6.54 Å². The third-order valence-electron chi connectivity index (χ3n) is 4.25. The van der Waals surface area contributed by atoms with E-state index in [1.54, 1.807) is 0 Å². The molecule has 0 bridgehead atoms. The number of nitrogens with zero attached hydrogens (tertiary/aromatic N) is 2. The molecule has 2 aliphatic rings. The first-order valence-corrected chi connectivity index (χ1v) is 6.92. The van der Waals surface area contributed by atoms with Crippen molar-refractivity contribution in [2.75, 3.05) is 32.7 Å². The maximum atomic E-state index is 12.2. The molecule has 98 valence electrons. The van der Waals surface area contributed by atoms with Crippen molar-refractivity contribution >= 4 is 5.91 Å². The molecule has 0 radical (unpaired) electrons. The number of carbonyl (C=O) groups is 1. The molecule has 4 nitrogen and oxygen atoms in total. The number of amides is 1. The zero-order valence-electron chi connectivity index (χ0n) is 10.9. The molecule has 2 rings (SSSR count). The second-order valence-electron chi connectivity index (χ2n) is 5.57. The Morgan fingerprint density at radius 3 is 2.59 bits per heavy atom. The van der Waals surface area contributed by atoms with Gasteiger partial charge in [-0.1, -0.05) is 6.92 Å². The van der Waals surface area contributed by atoms with Crippen LogP contribution in [0.15, 0.2) is 0 Å². The van der Waals surface area contributed by atoms with Crippen molar-refractivity contribution in [3.8, 4) is 0 Å². The van der Waals surface area contributed by atoms with Crippen molar-refractivity contribution in [2.45, 2.75) is 38.6 Å². The molecule has 0 aromatic heterocycles. The van der Waals surface area contributed by atoms with Gasteiger partial charge >= 0.3 is 0 Å². The van der Waals surface area contributed by atoms with Crippen LogP contribution in [0.1, 0.15) is 32.6 Å². The average Bonchev–Trinajstić information content (AvgIpc) is 2.77. The molecule has 2 fully saturated rings. The summed E-state index contributed by atoms with van der Waals surface area (Å²) in [6, 6.07) is 0.433. The molecule has 0 spiro atoms. The average molecular weight is 239 g/mol. The molecular weight excluding hydrogens is 214 g/mol. The summed E-state index contributed by atoms with van der Waals surface area (Å²) in [5, 5.41) is 0. The van der Waals surface area contributed by atoms with Crippen molar-refractivity contribution in [2.24, 2.45) is 11.7 Å². The molecule has 2 N–H and O–H groups in total. The molecule has 2 saturated heterocycles. The van der Waals surface area contributed by atoms with Crippen LogP contribution in [0.3, 0.4) is 0 Å². The standard InChI is InChI=1S/C13H25N3O/c1-11-4-7-15(8-5-11)13(17)10-16-6-2-3-12(16)9-14/h11-12H,2-10,14H2,1H3. The lowest BCUT2D eigenvalue weighted by Gasteiger charge is -2.32. The van der Waals surface area contributed by atoms with Crippen LogP contribution >= 0.6 is 0 Å². The Hall–Kier alpha value is -0.610. The number of hydrogen-bond acceptors (Lipinski definition) is 3. The highest BCUT2D eigenvalue weighted by atomic mass is 16.2. The van der Waals surface area contributed by atoms with E-state index in [9.17, 15) is 4.79 Å². The highest BCUT2D eigenvalue weighted by molar-refractivity contribution is 5.78. The minimum absolute atomic E-state index is 0.303. The van der Waals surface area contributed by atoms with Crippen molar-refractivity contribution < 1.29 is 4.79 Å². The van der Waals surface area contributed by atoms with E-state index in [0.29, 0.717) is 25.0 Å². The molecule has 2 aliphatic heterocycles. The number of likely N-dealkylation sites (tertiary alicyclic amines) is 2. The van der Waals surface area contributed by atoms with Crippen molar-refractivity contribution in [3.63, 3.8) is 0 Å². The van der Waals surface area contributed by atoms with Gasteiger partial charge in [0.1, 0.15) is 0 Å². The predicted octanol–water partition coefficient (Wildman–Crippen LogP) is 0.668. The molecular formula is C13H25N3O. The summed E-state index contributed by atoms with van der Waals surface area (Å²) >= 11 is 0. The monoisotopic (exact) mass is 239 g/mol. The van der Waals surface area contributed by atoms with Crippen molar-refractivity contribution in [1.29, 1.82) is 0 Å². The lowest BCUT2D eigenvalue weighted by atomic mass is 9.99. The number of piperidine rings is 1. The molecule has 4 heteroatoms. The third kappa shape index (κ3) is 3.19. The van der Waals surface area contributed by atoms with Gasteiger partial charge in [0.15, 0.2) is 0 Å². The molecule has 0 saturated carbocycles. The minimum atomic E-state index is 0.303. The summed E-state index contributed by atoms with van der Waals surface area (Å²) in [6.07, 6.45) is 4.66. The first kappa shape index (κ1) is 12.8. The lowest BCUT2D eigenvalue weighted by Crippen LogP contribution is -2.46. The summed E-state index contributed by atoms with van der Waals surface area (Å²) in [5.74, 6) is 1.08. The highest BCUT2D eigenvalue weighted by Gasteiger charge is 2.27. The zero-order chi connectivity index (χ0) is 12.3.